The quantitative estimate of drug-likeness (QED) is 0.344. The first-order valence-corrected chi connectivity index (χ1v) is 9.11. The molecule has 0 fully saturated rings. The van der Waals surface area contributed by atoms with Crippen molar-refractivity contribution in [3.05, 3.63) is 71.5 Å². The van der Waals surface area contributed by atoms with Gasteiger partial charge >= 0.3 is 5.97 Å². The summed E-state index contributed by atoms with van der Waals surface area (Å²) < 4.78 is 6.74. The van der Waals surface area contributed by atoms with Crippen molar-refractivity contribution in [1.29, 1.82) is 0 Å². The van der Waals surface area contributed by atoms with Crippen LogP contribution in [0.2, 0.25) is 0 Å². The molecule has 1 aliphatic rings. The monoisotopic (exact) mass is 391 g/mol. The van der Waals surface area contributed by atoms with Crippen LogP contribution in [0.1, 0.15) is 43.9 Å². The molecule has 9 heteroatoms. The van der Waals surface area contributed by atoms with Gasteiger partial charge in [0, 0.05) is 6.54 Å². The molecular weight excluding hydrogens is 374 g/mol. The SMILES string of the molecule is O=C(OCCCCN1C(=O)c2ccccc2C1=O)c1ccc(-n2cnnn2)cc1. The van der Waals surface area contributed by atoms with Gasteiger partial charge in [0.2, 0.25) is 0 Å². The number of imide groups is 1. The second-order valence-electron chi connectivity index (χ2n) is 6.45. The molecule has 0 spiro atoms. The summed E-state index contributed by atoms with van der Waals surface area (Å²) >= 11 is 0. The molecule has 4 rings (SSSR count). The Balaban J connectivity index is 1.22. The smallest absolute Gasteiger partial charge is 0.338 e. The molecule has 0 N–H and O–H groups in total. The highest BCUT2D eigenvalue weighted by Gasteiger charge is 2.34. The summed E-state index contributed by atoms with van der Waals surface area (Å²) in [6.45, 7) is 0.501. The van der Waals surface area contributed by atoms with E-state index < -0.39 is 5.97 Å². The average Bonchev–Trinajstić information content (AvgIpc) is 3.37. The van der Waals surface area contributed by atoms with Crippen LogP contribution in [0.5, 0.6) is 0 Å². The average molecular weight is 391 g/mol. The maximum atomic E-state index is 12.3. The van der Waals surface area contributed by atoms with E-state index in [0.29, 0.717) is 36.1 Å². The van der Waals surface area contributed by atoms with Crippen molar-refractivity contribution < 1.29 is 19.1 Å². The Morgan fingerprint density at radius 2 is 1.62 bits per heavy atom. The number of ether oxygens (including phenoxy) is 1. The number of tetrazole rings is 1. The van der Waals surface area contributed by atoms with Crippen LogP contribution >= 0.6 is 0 Å². The molecule has 0 saturated heterocycles. The van der Waals surface area contributed by atoms with Crippen LogP contribution in [0.25, 0.3) is 5.69 Å². The van der Waals surface area contributed by atoms with Crippen LogP contribution in [0.3, 0.4) is 0 Å². The molecule has 2 heterocycles. The molecule has 2 amide bonds. The zero-order chi connectivity index (χ0) is 20.2. The Kier molecular flexibility index (Phi) is 5.10. The highest BCUT2D eigenvalue weighted by atomic mass is 16.5. The third-order valence-electron chi connectivity index (χ3n) is 4.60. The molecule has 29 heavy (non-hydrogen) atoms. The normalized spacial score (nSPS) is 12.9. The molecule has 9 nitrogen and oxygen atoms in total. The standard InChI is InChI=1S/C20H17N5O4/c26-18-16-5-1-2-6-17(16)19(27)24(18)11-3-4-12-29-20(28)14-7-9-15(10-8-14)25-13-21-22-23-25/h1-2,5-10,13H,3-4,11-12H2. The number of benzene rings is 2. The number of aromatic nitrogens is 4. The first-order valence-electron chi connectivity index (χ1n) is 9.11. The molecule has 0 atom stereocenters. The van der Waals surface area contributed by atoms with Gasteiger partial charge < -0.3 is 4.74 Å². The van der Waals surface area contributed by atoms with E-state index in [2.05, 4.69) is 15.5 Å². The van der Waals surface area contributed by atoms with E-state index in [-0.39, 0.29) is 18.4 Å². The fraction of sp³-hybridized carbons (Fsp3) is 0.200. The number of rotatable bonds is 7. The maximum absolute atomic E-state index is 12.3. The third kappa shape index (κ3) is 3.75. The van der Waals surface area contributed by atoms with Crippen molar-refractivity contribution in [2.75, 3.05) is 13.2 Å². The van der Waals surface area contributed by atoms with Gasteiger partial charge in [-0.2, -0.15) is 0 Å². The number of esters is 1. The van der Waals surface area contributed by atoms with Crippen LogP contribution in [-0.4, -0.2) is 56.0 Å². The summed E-state index contributed by atoms with van der Waals surface area (Å²) in [5.41, 5.74) is 2.03. The molecular formula is C20H17N5O4. The largest absolute Gasteiger partial charge is 0.462 e. The maximum Gasteiger partial charge on any atom is 0.338 e. The third-order valence-corrected chi connectivity index (χ3v) is 4.60. The topological polar surface area (TPSA) is 107 Å². The van der Waals surface area contributed by atoms with Gasteiger partial charge in [-0.05, 0) is 59.7 Å². The van der Waals surface area contributed by atoms with E-state index in [1.54, 1.807) is 48.5 Å². The Hall–Kier alpha value is -3.88. The first kappa shape index (κ1) is 18.5. The van der Waals surface area contributed by atoms with Crippen molar-refractivity contribution in [2.24, 2.45) is 0 Å². The zero-order valence-electron chi connectivity index (χ0n) is 15.4. The van der Waals surface area contributed by atoms with Gasteiger partial charge in [-0.1, -0.05) is 12.1 Å². The van der Waals surface area contributed by atoms with Crippen LogP contribution in [0, 0.1) is 0 Å². The van der Waals surface area contributed by atoms with E-state index in [4.69, 9.17) is 4.74 Å². The lowest BCUT2D eigenvalue weighted by molar-refractivity contribution is 0.0485. The lowest BCUT2D eigenvalue weighted by Gasteiger charge is -2.13. The van der Waals surface area contributed by atoms with Gasteiger partial charge in [-0.25, -0.2) is 9.48 Å². The van der Waals surface area contributed by atoms with Crippen molar-refractivity contribution in [3.63, 3.8) is 0 Å². The van der Waals surface area contributed by atoms with E-state index in [1.165, 1.54) is 15.9 Å². The number of unbranched alkanes of at least 4 members (excludes halogenated alkanes) is 1. The van der Waals surface area contributed by atoms with Gasteiger partial charge in [-0.3, -0.25) is 14.5 Å². The van der Waals surface area contributed by atoms with E-state index in [1.807, 2.05) is 0 Å². The number of nitrogens with zero attached hydrogens (tertiary/aromatic N) is 5. The Morgan fingerprint density at radius 1 is 0.931 bits per heavy atom. The van der Waals surface area contributed by atoms with Crippen molar-refractivity contribution in [3.8, 4) is 5.69 Å². The number of hydrogen-bond donors (Lipinski definition) is 0. The summed E-state index contributed by atoms with van der Waals surface area (Å²) in [7, 11) is 0. The molecule has 146 valence electrons. The highest BCUT2D eigenvalue weighted by molar-refractivity contribution is 6.21. The molecule has 0 radical (unpaired) electrons. The van der Waals surface area contributed by atoms with E-state index in [9.17, 15) is 14.4 Å². The van der Waals surface area contributed by atoms with Gasteiger partial charge in [0.1, 0.15) is 6.33 Å². The van der Waals surface area contributed by atoms with E-state index >= 15 is 0 Å². The summed E-state index contributed by atoms with van der Waals surface area (Å²) in [5.74, 6) is -0.982. The second kappa shape index (κ2) is 8.01. The molecule has 2 aromatic carbocycles. The minimum atomic E-state index is -0.436. The fourth-order valence-electron chi connectivity index (χ4n) is 3.09. The predicted molar refractivity (Wildman–Crippen MR) is 100 cm³/mol. The van der Waals surface area contributed by atoms with Crippen LogP contribution in [0.15, 0.2) is 54.9 Å². The molecule has 0 aliphatic carbocycles. The Bertz CT molecular complexity index is 1010. The minimum absolute atomic E-state index is 0.205. The summed E-state index contributed by atoms with van der Waals surface area (Å²) in [6, 6.07) is 13.5. The number of hydrogen-bond acceptors (Lipinski definition) is 7. The lowest BCUT2D eigenvalue weighted by atomic mass is 10.1. The number of amides is 2. The molecule has 1 aromatic heterocycles. The number of carbonyl (C=O) groups excluding carboxylic acids is 3. The minimum Gasteiger partial charge on any atom is -0.462 e. The van der Waals surface area contributed by atoms with Gasteiger partial charge in [0.05, 0.1) is 29.0 Å². The van der Waals surface area contributed by atoms with Gasteiger partial charge in [-0.15, -0.1) is 5.10 Å². The highest BCUT2D eigenvalue weighted by Crippen LogP contribution is 2.22. The molecule has 0 bridgehead atoms. The van der Waals surface area contributed by atoms with Crippen molar-refractivity contribution in [2.45, 2.75) is 12.8 Å². The Labute approximate surface area is 165 Å². The van der Waals surface area contributed by atoms with Crippen molar-refractivity contribution >= 4 is 17.8 Å². The summed E-state index contributed by atoms with van der Waals surface area (Å²) in [6.07, 6.45) is 2.56. The van der Waals surface area contributed by atoms with Crippen LogP contribution in [-0.2, 0) is 4.74 Å². The van der Waals surface area contributed by atoms with Crippen LogP contribution < -0.4 is 0 Å². The first-order chi connectivity index (χ1) is 14.1. The number of carbonyl (C=O) groups is 3. The summed E-state index contributed by atoms with van der Waals surface area (Å²) in [5, 5.41) is 10.9. The fourth-order valence-corrected chi connectivity index (χ4v) is 3.09. The van der Waals surface area contributed by atoms with Crippen molar-refractivity contribution in [1.82, 2.24) is 25.1 Å². The number of fused-ring (bicyclic) bond motifs is 1. The Morgan fingerprint density at radius 3 is 2.24 bits per heavy atom. The van der Waals surface area contributed by atoms with Crippen LogP contribution in [0.4, 0.5) is 0 Å². The molecule has 0 unspecified atom stereocenters. The molecule has 1 aliphatic heterocycles. The predicted octanol–water partition coefficient (Wildman–Crippen LogP) is 1.90. The van der Waals surface area contributed by atoms with Gasteiger partial charge in [0.15, 0.2) is 0 Å². The van der Waals surface area contributed by atoms with Gasteiger partial charge in [0.25, 0.3) is 11.8 Å². The summed E-state index contributed by atoms with van der Waals surface area (Å²) in [4.78, 5) is 37.9. The molecule has 3 aromatic rings. The second-order valence-corrected chi connectivity index (χ2v) is 6.45. The zero-order valence-corrected chi connectivity index (χ0v) is 15.4. The lowest BCUT2D eigenvalue weighted by Crippen LogP contribution is -2.30. The van der Waals surface area contributed by atoms with E-state index in [0.717, 1.165) is 5.69 Å². The molecule has 0 saturated carbocycles.